The molecule has 0 aromatic heterocycles. The number of rotatable bonds is 5. The van der Waals surface area contributed by atoms with Crippen molar-refractivity contribution in [3.63, 3.8) is 0 Å². The Hall–Kier alpha value is -0.0800. The lowest BCUT2D eigenvalue weighted by molar-refractivity contribution is 0.264. The third-order valence-corrected chi connectivity index (χ3v) is 2.95. The SMILES string of the molecule is CC(C)CN(C)CCC1CCCCN1. The topological polar surface area (TPSA) is 15.3 Å². The van der Waals surface area contributed by atoms with Crippen molar-refractivity contribution < 1.29 is 0 Å². The molecule has 0 saturated carbocycles. The molecule has 0 aromatic carbocycles. The van der Waals surface area contributed by atoms with Crippen LogP contribution in [0.5, 0.6) is 0 Å². The molecule has 1 heterocycles. The zero-order valence-corrected chi connectivity index (χ0v) is 10.1. The maximum atomic E-state index is 3.60. The predicted octanol–water partition coefficient (Wildman–Crippen LogP) is 2.11. The lowest BCUT2D eigenvalue weighted by Gasteiger charge is -2.26. The molecule has 1 saturated heterocycles. The lowest BCUT2D eigenvalue weighted by atomic mass is 10.0. The molecule has 84 valence electrons. The third-order valence-electron chi connectivity index (χ3n) is 2.95. The van der Waals surface area contributed by atoms with Crippen molar-refractivity contribution in [2.24, 2.45) is 5.92 Å². The molecule has 0 aromatic rings. The number of nitrogens with one attached hydrogen (secondary N) is 1. The highest BCUT2D eigenvalue weighted by molar-refractivity contribution is 4.73. The van der Waals surface area contributed by atoms with Gasteiger partial charge in [0.15, 0.2) is 0 Å². The van der Waals surface area contributed by atoms with E-state index in [0.717, 1.165) is 12.0 Å². The van der Waals surface area contributed by atoms with Gasteiger partial charge in [-0.15, -0.1) is 0 Å². The molecule has 0 amide bonds. The Labute approximate surface area is 89.1 Å². The van der Waals surface area contributed by atoms with E-state index >= 15 is 0 Å². The number of nitrogens with zero attached hydrogens (tertiary/aromatic N) is 1. The van der Waals surface area contributed by atoms with E-state index in [0.29, 0.717) is 0 Å². The van der Waals surface area contributed by atoms with Crippen molar-refractivity contribution in [3.05, 3.63) is 0 Å². The van der Waals surface area contributed by atoms with Crippen LogP contribution < -0.4 is 5.32 Å². The molecule has 0 aliphatic carbocycles. The Morgan fingerprint density at radius 3 is 2.71 bits per heavy atom. The molecule has 0 bridgehead atoms. The summed E-state index contributed by atoms with van der Waals surface area (Å²) in [6, 6.07) is 0.790. The first-order valence-corrected chi connectivity index (χ1v) is 6.10. The molecule has 1 unspecified atom stereocenters. The molecule has 1 aliphatic heterocycles. The first-order valence-electron chi connectivity index (χ1n) is 6.10. The highest BCUT2D eigenvalue weighted by Gasteiger charge is 2.12. The molecule has 2 nitrogen and oxygen atoms in total. The van der Waals surface area contributed by atoms with E-state index in [4.69, 9.17) is 0 Å². The second-order valence-corrected chi connectivity index (χ2v) is 5.09. The minimum Gasteiger partial charge on any atom is -0.314 e. The first kappa shape index (κ1) is 12.0. The molecular weight excluding hydrogens is 172 g/mol. The standard InChI is InChI=1S/C12H26N2/c1-11(2)10-14(3)9-7-12-6-4-5-8-13-12/h11-13H,4-10H2,1-3H3. The summed E-state index contributed by atoms with van der Waals surface area (Å²) in [7, 11) is 2.24. The smallest absolute Gasteiger partial charge is 0.00792 e. The second-order valence-electron chi connectivity index (χ2n) is 5.09. The molecule has 1 N–H and O–H groups in total. The van der Waals surface area contributed by atoms with Crippen molar-refractivity contribution in [2.75, 3.05) is 26.7 Å². The minimum atomic E-state index is 0.790. The number of hydrogen-bond acceptors (Lipinski definition) is 2. The van der Waals surface area contributed by atoms with Crippen molar-refractivity contribution >= 4 is 0 Å². The van der Waals surface area contributed by atoms with E-state index in [-0.39, 0.29) is 0 Å². The van der Waals surface area contributed by atoms with E-state index in [1.807, 2.05) is 0 Å². The van der Waals surface area contributed by atoms with Gasteiger partial charge in [0, 0.05) is 12.6 Å². The normalized spacial score (nSPS) is 23.4. The summed E-state index contributed by atoms with van der Waals surface area (Å²) in [5, 5.41) is 3.60. The van der Waals surface area contributed by atoms with Crippen LogP contribution in [0.15, 0.2) is 0 Å². The molecular formula is C12H26N2. The third kappa shape index (κ3) is 4.97. The zero-order valence-electron chi connectivity index (χ0n) is 10.1. The summed E-state index contributed by atoms with van der Waals surface area (Å²) >= 11 is 0. The molecule has 2 heteroatoms. The summed E-state index contributed by atoms with van der Waals surface area (Å²) in [6.07, 6.45) is 5.50. The Balaban J connectivity index is 2.06. The predicted molar refractivity (Wildman–Crippen MR) is 62.6 cm³/mol. The molecule has 1 fully saturated rings. The van der Waals surface area contributed by atoms with E-state index in [2.05, 4.69) is 31.1 Å². The van der Waals surface area contributed by atoms with Crippen LogP contribution in [0.2, 0.25) is 0 Å². The van der Waals surface area contributed by atoms with Crippen molar-refractivity contribution in [3.8, 4) is 0 Å². The minimum absolute atomic E-state index is 0.790. The van der Waals surface area contributed by atoms with Crippen molar-refractivity contribution in [1.82, 2.24) is 10.2 Å². The summed E-state index contributed by atoms with van der Waals surface area (Å²) < 4.78 is 0. The van der Waals surface area contributed by atoms with Crippen LogP contribution in [-0.2, 0) is 0 Å². The van der Waals surface area contributed by atoms with Gasteiger partial charge in [0.25, 0.3) is 0 Å². The van der Waals surface area contributed by atoms with Gasteiger partial charge in [0.1, 0.15) is 0 Å². The fourth-order valence-corrected chi connectivity index (χ4v) is 2.26. The van der Waals surface area contributed by atoms with Gasteiger partial charge in [0.2, 0.25) is 0 Å². The lowest BCUT2D eigenvalue weighted by Crippen LogP contribution is -2.37. The van der Waals surface area contributed by atoms with Crippen LogP contribution in [0.1, 0.15) is 39.5 Å². The number of piperidine rings is 1. The van der Waals surface area contributed by atoms with Gasteiger partial charge in [-0.3, -0.25) is 0 Å². The summed E-state index contributed by atoms with van der Waals surface area (Å²) in [4.78, 5) is 2.46. The molecule has 0 radical (unpaired) electrons. The van der Waals surface area contributed by atoms with Crippen LogP contribution in [0.25, 0.3) is 0 Å². The van der Waals surface area contributed by atoms with Crippen LogP contribution in [0.4, 0.5) is 0 Å². The largest absolute Gasteiger partial charge is 0.314 e. The molecule has 0 spiro atoms. The van der Waals surface area contributed by atoms with Gasteiger partial charge >= 0.3 is 0 Å². The second kappa shape index (κ2) is 6.41. The van der Waals surface area contributed by atoms with Crippen LogP contribution in [0.3, 0.4) is 0 Å². The monoisotopic (exact) mass is 198 g/mol. The highest BCUT2D eigenvalue weighted by Crippen LogP contribution is 2.10. The average molecular weight is 198 g/mol. The highest BCUT2D eigenvalue weighted by atomic mass is 15.1. The maximum Gasteiger partial charge on any atom is 0.00792 e. The molecule has 14 heavy (non-hydrogen) atoms. The van der Waals surface area contributed by atoms with Crippen LogP contribution in [-0.4, -0.2) is 37.6 Å². The fourth-order valence-electron chi connectivity index (χ4n) is 2.26. The van der Waals surface area contributed by atoms with Crippen molar-refractivity contribution in [1.29, 1.82) is 0 Å². The van der Waals surface area contributed by atoms with Gasteiger partial charge in [-0.1, -0.05) is 20.3 Å². The van der Waals surface area contributed by atoms with Gasteiger partial charge in [-0.05, 0) is 45.3 Å². The average Bonchev–Trinajstić information content (AvgIpc) is 2.15. The number of hydrogen-bond donors (Lipinski definition) is 1. The quantitative estimate of drug-likeness (QED) is 0.728. The summed E-state index contributed by atoms with van der Waals surface area (Å²) in [6.45, 7) is 8.28. The van der Waals surface area contributed by atoms with E-state index in [9.17, 15) is 0 Å². The summed E-state index contributed by atoms with van der Waals surface area (Å²) in [5.41, 5.74) is 0. The zero-order chi connectivity index (χ0) is 10.4. The van der Waals surface area contributed by atoms with E-state index < -0.39 is 0 Å². The van der Waals surface area contributed by atoms with Gasteiger partial charge in [0.05, 0.1) is 0 Å². The fraction of sp³-hybridized carbons (Fsp3) is 1.00. The maximum absolute atomic E-state index is 3.60. The van der Waals surface area contributed by atoms with E-state index in [1.54, 1.807) is 0 Å². The molecule has 1 aliphatic rings. The Kier molecular flexibility index (Phi) is 5.49. The molecule has 1 atom stereocenters. The van der Waals surface area contributed by atoms with E-state index in [1.165, 1.54) is 45.3 Å². The Morgan fingerprint density at radius 2 is 2.14 bits per heavy atom. The van der Waals surface area contributed by atoms with Gasteiger partial charge < -0.3 is 10.2 Å². The van der Waals surface area contributed by atoms with Crippen LogP contribution >= 0.6 is 0 Å². The van der Waals surface area contributed by atoms with Gasteiger partial charge in [-0.2, -0.15) is 0 Å². The Morgan fingerprint density at radius 1 is 1.36 bits per heavy atom. The van der Waals surface area contributed by atoms with Crippen LogP contribution in [0, 0.1) is 5.92 Å². The Bertz CT molecular complexity index is 139. The van der Waals surface area contributed by atoms with Crippen molar-refractivity contribution in [2.45, 2.75) is 45.6 Å². The summed E-state index contributed by atoms with van der Waals surface area (Å²) in [5.74, 6) is 0.791. The molecule has 1 rings (SSSR count). The first-order chi connectivity index (χ1) is 6.68. The van der Waals surface area contributed by atoms with Gasteiger partial charge in [-0.25, -0.2) is 0 Å².